The van der Waals surface area contributed by atoms with Gasteiger partial charge in [-0.15, -0.1) is 0 Å². The summed E-state index contributed by atoms with van der Waals surface area (Å²) in [5.41, 5.74) is 3.27. The molecule has 8 heteroatoms. The molecule has 37 heavy (non-hydrogen) atoms. The van der Waals surface area contributed by atoms with Gasteiger partial charge in [-0.1, -0.05) is 48.9 Å². The summed E-state index contributed by atoms with van der Waals surface area (Å²) in [4.78, 5) is 17.4. The topological polar surface area (TPSA) is 76.4 Å². The molecule has 0 radical (unpaired) electrons. The standard InChI is InChI=1S/C29H24ClN3O3S/c1-3-17(2)35-20-8-4-7-18(15-20)27(34)33-29(37)31-19-13-14-26-25(16-19)32-28(36-26)23-11-5-10-22-21(23)9-6-12-24(22)30/h4-17H,3H2,1-2H3,(H2,31,33,34,37)/t17-/m1/s1. The van der Waals surface area contributed by atoms with Crippen molar-refractivity contribution in [3.63, 3.8) is 0 Å². The Labute approximate surface area is 224 Å². The van der Waals surface area contributed by atoms with Gasteiger partial charge in [0, 0.05) is 27.2 Å². The van der Waals surface area contributed by atoms with Gasteiger partial charge in [0.2, 0.25) is 5.89 Å². The number of ether oxygens (including phenoxy) is 1. The molecule has 1 amide bonds. The van der Waals surface area contributed by atoms with E-state index in [0.29, 0.717) is 39.0 Å². The average Bonchev–Trinajstić information content (AvgIpc) is 3.32. The number of carbonyl (C=O) groups is 1. The van der Waals surface area contributed by atoms with E-state index in [-0.39, 0.29) is 17.1 Å². The molecule has 186 valence electrons. The highest BCUT2D eigenvalue weighted by molar-refractivity contribution is 7.80. The van der Waals surface area contributed by atoms with Crippen molar-refractivity contribution in [2.45, 2.75) is 26.4 Å². The summed E-state index contributed by atoms with van der Waals surface area (Å²) in [5.74, 6) is 0.809. The number of hydrogen-bond donors (Lipinski definition) is 2. The second-order valence-electron chi connectivity index (χ2n) is 8.61. The number of amides is 1. The fourth-order valence-electron chi connectivity index (χ4n) is 3.94. The number of halogens is 1. The molecule has 0 bridgehead atoms. The molecular weight excluding hydrogens is 506 g/mol. The van der Waals surface area contributed by atoms with Crippen LogP contribution in [0.2, 0.25) is 5.02 Å². The monoisotopic (exact) mass is 529 g/mol. The van der Waals surface area contributed by atoms with Crippen LogP contribution < -0.4 is 15.4 Å². The van der Waals surface area contributed by atoms with Crippen LogP contribution in [0.3, 0.4) is 0 Å². The summed E-state index contributed by atoms with van der Waals surface area (Å²) in [6.07, 6.45) is 0.935. The number of nitrogens with one attached hydrogen (secondary N) is 2. The van der Waals surface area contributed by atoms with Gasteiger partial charge < -0.3 is 14.5 Å². The lowest BCUT2D eigenvalue weighted by Crippen LogP contribution is -2.34. The Balaban J connectivity index is 1.31. The van der Waals surface area contributed by atoms with Crippen LogP contribution in [0.5, 0.6) is 5.75 Å². The number of fused-ring (bicyclic) bond motifs is 2. The molecule has 4 aromatic carbocycles. The van der Waals surface area contributed by atoms with Gasteiger partial charge in [-0.2, -0.15) is 0 Å². The summed E-state index contributed by atoms with van der Waals surface area (Å²) >= 11 is 11.7. The van der Waals surface area contributed by atoms with Crippen molar-refractivity contribution >= 4 is 62.4 Å². The molecule has 0 saturated heterocycles. The smallest absolute Gasteiger partial charge is 0.257 e. The molecule has 5 aromatic rings. The predicted molar refractivity (Wildman–Crippen MR) is 152 cm³/mol. The number of thiocarbonyl (C=S) groups is 1. The molecule has 0 spiro atoms. The zero-order valence-electron chi connectivity index (χ0n) is 20.2. The van der Waals surface area contributed by atoms with Gasteiger partial charge in [-0.25, -0.2) is 4.98 Å². The largest absolute Gasteiger partial charge is 0.491 e. The molecular formula is C29H24ClN3O3S. The first-order chi connectivity index (χ1) is 17.9. The Bertz CT molecular complexity index is 1630. The van der Waals surface area contributed by atoms with E-state index in [0.717, 1.165) is 22.8 Å². The molecule has 1 aromatic heterocycles. The number of oxazole rings is 1. The molecule has 2 N–H and O–H groups in total. The Kier molecular flexibility index (Phi) is 7.08. The summed E-state index contributed by atoms with van der Waals surface area (Å²) in [5, 5.41) is 8.50. The molecule has 5 rings (SSSR count). The molecule has 0 aliphatic heterocycles. The van der Waals surface area contributed by atoms with Gasteiger partial charge >= 0.3 is 0 Å². The van der Waals surface area contributed by atoms with Gasteiger partial charge in [0.25, 0.3) is 5.91 Å². The fourth-order valence-corrected chi connectivity index (χ4v) is 4.39. The zero-order chi connectivity index (χ0) is 25.9. The Morgan fingerprint density at radius 2 is 1.84 bits per heavy atom. The first-order valence-electron chi connectivity index (χ1n) is 11.9. The lowest BCUT2D eigenvalue weighted by atomic mass is 10.0. The molecule has 1 heterocycles. The van der Waals surface area contributed by atoms with E-state index in [1.54, 1.807) is 18.2 Å². The second kappa shape index (κ2) is 10.6. The molecule has 6 nitrogen and oxygen atoms in total. The van der Waals surface area contributed by atoms with E-state index in [4.69, 9.17) is 33.0 Å². The molecule has 0 fully saturated rings. The maximum atomic E-state index is 12.7. The summed E-state index contributed by atoms with van der Waals surface area (Å²) < 4.78 is 11.8. The van der Waals surface area contributed by atoms with Crippen molar-refractivity contribution in [1.29, 1.82) is 0 Å². The fraction of sp³-hybridized carbons (Fsp3) is 0.138. The van der Waals surface area contributed by atoms with E-state index in [9.17, 15) is 4.79 Å². The minimum Gasteiger partial charge on any atom is -0.491 e. The highest BCUT2D eigenvalue weighted by atomic mass is 35.5. The maximum Gasteiger partial charge on any atom is 0.257 e. The number of anilines is 1. The highest BCUT2D eigenvalue weighted by Crippen LogP contribution is 2.34. The maximum absolute atomic E-state index is 12.7. The Morgan fingerprint density at radius 1 is 1.05 bits per heavy atom. The molecule has 0 saturated carbocycles. The minimum absolute atomic E-state index is 0.0615. The lowest BCUT2D eigenvalue weighted by molar-refractivity contribution is 0.0977. The SMILES string of the molecule is CC[C@@H](C)Oc1cccc(C(=O)NC(=S)Nc2ccc3oc(-c4cccc5c(Cl)cccc45)nc3c2)c1. The first-order valence-corrected chi connectivity index (χ1v) is 12.7. The molecule has 0 aliphatic rings. The van der Waals surface area contributed by atoms with Gasteiger partial charge in [-0.3, -0.25) is 10.1 Å². The highest BCUT2D eigenvalue weighted by Gasteiger charge is 2.14. The van der Waals surface area contributed by atoms with Crippen molar-refractivity contribution < 1.29 is 13.9 Å². The number of carbonyl (C=O) groups excluding carboxylic acids is 1. The third-order valence-corrected chi connectivity index (χ3v) is 6.51. The number of nitrogens with zero attached hydrogens (tertiary/aromatic N) is 1. The predicted octanol–water partition coefficient (Wildman–Crippen LogP) is 7.61. The molecule has 0 aliphatic carbocycles. The van der Waals surface area contributed by atoms with Crippen molar-refractivity contribution in [1.82, 2.24) is 10.3 Å². The van der Waals surface area contributed by atoms with Crippen LogP contribution in [0.1, 0.15) is 30.6 Å². The van der Waals surface area contributed by atoms with Crippen molar-refractivity contribution in [2.24, 2.45) is 0 Å². The second-order valence-corrected chi connectivity index (χ2v) is 9.43. The van der Waals surface area contributed by atoms with Crippen molar-refractivity contribution in [3.8, 4) is 17.2 Å². The lowest BCUT2D eigenvalue weighted by Gasteiger charge is -2.14. The van der Waals surface area contributed by atoms with Gasteiger partial charge in [0.15, 0.2) is 10.7 Å². The van der Waals surface area contributed by atoms with Gasteiger partial charge in [0.1, 0.15) is 11.3 Å². The quantitative estimate of drug-likeness (QED) is 0.220. The minimum atomic E-state index is -0.327. The molecule has 1 atom stereocenters. The Hall–Kier alpha value is -3.94. The first kappa shape index (κ1) is 24.7. The van der Waals surface area contributed by atoms with E-state index >= 15 is 0 Å². The number of hydrogen-bond acceptors (Lipinski definition) is 5. The zero-order valence-corrected chi connectivity index (χ0v) is 21.8. The van der Waals surface area contributed by atoms with Crippen molar-refractivity contribution in [3.05, 3.63) is 89.4 Å². The summed E-state index contributed by atoms with van der Waals surface area (Å²) in [7, 11) is 0. The third kappa shape index (κ3) is 5.43. The van der Waals surface area contributed by atoms with Crippen LogP contribution in [-0.4, -0.2) is 22.1 Å². The average molecular weight is 530 g/mol. The number of aromatic nitrogens is 1. The number of benzene rings is 4. The normalized spacial score (nSPS) is 11.9. The van der Waals surface area contributed by atoms with Gasteiger partial charge in [0.05, 0.1) is 6.10 Å². The van der Waals surface area contributed by atoms with E-state index < -0.39 is 0 Å². The summed E-state index contributed by atoms with van der Waals surface area (Å²) in [6.45, 7) is 4.03. The number of rotatable bonds is 6. The third-order valence-electron chi connectivity index (χ3n) is 5.98. The van der Waals surface area contributed by atoms with Crippen LogP contribution >= 0.6 is 23.8 Å². The van der Waals surface area contributed by atoms with E-state index in [2.05, 4.69) is 15.6 Å². The van der Waals surface area contributed by atoms with Crippen LogP contribution in [0.15, 0.2) is 83.3 Å². The summed E-state index contributed by atoms with van der Waals surface area (Å²) in [6, 6.07) is 24.1. The van der Waals surface area contributed by atoms with Gasteiger partial charge in [-0.05, 0) is 79.5 Å². The van der Waals surface area contributed by atoms with E-state index in [1.807, 2.05) is 74.5 Å². The molecule has 0 unspecified atom stereocenters. The Morgan fingerprint density at radius 3 is 2.68 bits per heavy atom. The van der Waals surface area contributed by atoms with Crippen LogP contribution in [0.4, 0.5) is 5.69 Å². The van der Waals surface area contributed by atoms with Crippen LogP contribution in [0.25, 0.3) is 33.3 Å². The van der Waals surface area contributed by atoms with Crippen molar-refractivity contribution in [2.75, 3.05) is 5.32 Å². The van der Waals surface area contributed by atoms with E-state index in [1.165, 1.54) is 0 Å². The van der Waals surface area contributed by atoms with Crippen LogP contribution in [-0.2, 0) is 0 Å². The van der Waals surface area contributed by atoms with Crippen LogP contribution in [0, 0.1) is 0 Å².